The monoisotopic (exact) mass is 283 g/mol. The van der Waals surface area contributed by atoms with Crippen molar-refractivity contribution in [1.29, 1.82) is 0 Å². The van der Waals surface area contributed by atoms with Crippen LogP contribution in [0.3, 0.4) is 0 Å². The van der Waals surface area contributed by atoms with Gasteiger partial charge in [-0.05, 0) is 32.3 Å². The molecule has 0 bridgehead atoms. The number of aromatic nitrogens is 2. The van der Waals surface area contributed by atoms with Gasteiger partial charge in [-0.15, -0.1) is 22.9 Å². The van der Waals surface area contributed by atoms with Crippen LogP contribution in [0.4, 0.5) is 5.82 Å². The van der Waals surface area contributed by atoms with Gasteiger partial charge in [-0.2, -0.15) is 0 Å². The molecule has 0 aromatic carbocycles. The second-order valence-corrected chi connectivity index (χ2v) is 6.26. The average Bonchev–Trinajstić information content (AvgIpc) is 2.65. The predicted octanol–water partition coefficient (Wildman–Crippen LogP) is 3.98. The molecule has 2 unspecified atom stereocenters. The fourth-order valence-electron chi connectivity index (χ4n) is 1.78. The summed E-state index contributed by atoms with van der Waals surface area (Å²) in [6.45, 7) is 8.51. The van der Waals surface area contributed by atoms with E-state index in [9.17, 15) is 0 Å². The van der Waals surface area contributed by atoms with E-state index in [0.29, 0.717) is 17.8 Å². The van der Waals surface area contributed by atoms with E-state index >= 15 is 0 Å². The smallest absolute Gasteiger partial charge is 0.138 e. The van der Waals surface area contributed by atoms with E-state index in [1.54, 1.807) is 17.7 Å². The molecule has 0 aliphatic carbocycles. The van der Waals surface area contributed by atoms with E-state index in [0.717, 1.165) is 16.0 Å². The van der Waals surface area contributed by atoms with Gasteiger partial charge in [-0.1, -0.05) is 6.92 Å². The van der Waals surface area contributed by atoms with Crippen LogP contribution >= 0.6 is 22.9 Å². The number of rotatable bonds is 4. The third kappa shape index (κ3) is 2.45. The summed E-state index contributed by atoms with van der Waals surface area (Å²) in [6.07, 6.45) is 1.62. The summed E-state index contributed by atoms with van der Waals surface area (Å²) in [4.78, 5) is 11.1. The van der Waals surface area contributed by atoms with E-state index < -0.39 is 0 Å². The molecule has 18 heavy (non-hydrogen) atoms. The summed E-state index contributed by atoms with van der Waals surface area (Å²) in [7, 11) is 0. The van der Waals surface area contributed by atoms with Crippen molar-refractivity contribution in [3.8, 4) is 0 Å². The normalized spacial score (nSPS) is 14.7. The zero-order chi connectivity index (χ0) is 13.3. The lowest BCUT2D eigenvalue weighted by molar-refractivity contribution is 0.565. The Labute approximate surface area is 117 Å². The molecular formula is C13H18ClN3S. The summed E-state index contributed by atoms with van der Waals surface area (Å²) < 4.78 is 0. The summed E-state index contributed by atoms with van der Waals surface area (Å²) in [5.74, 6) is 1.97. The number of hydrogen-bond acceptors (Lipinski definition) is 4. The van der Waals surface area contributed by atoms with Crippen molar-refractivity contribution < 1.29 is 0 Å². The summed E-state index contributed by atoms with van der Waals surface area (Å²) in [5.41, 5.74) is 1.27. The molecule has 0 aliphatic heterocycles. The van der Waals surface area contributed by atoms with Gasteiger partial charge in [-0.3, -0.25) is 0 Å². The molecule has 0 spiro atoms. The molecule has 1 N–H and O–H groups in total. The Bertz CT molecular complexity index is 552. The van der Waals surface area contributed by atoms with Gasteiger partial charge in [0.1, 0.15) is 17.0 Å². The van der Waals surface area contributed by atoms with Gasteiger partial charge < -0.3 is 5.32 Å². The van der Waals surface area contributed by atoms with Gasteiger partial charge in [0.2, 0.25) is 0 Å². The van der Waals surface area contributed by atoms with Crippen LogP contribution in [0.15, 0.2) is 6.33 Å². The molecule has 2 rings (SSSR count). The zero-order valence-electron chi connectivity index (χ0n) is 11.1. The predicted molar refractivity (Wildman–Crippen MR) is 79.9 cm³/mol. The third-order valence-corrected chi connectivity index (χ3v) is 5.03. The van der Waals surface area contributed by atoms with Crippen LogP contribution < -0.4 is 5.32 Å². The minimum atomic E-state index is 0.292. The maximum absolute atomic E-state index is 5.90. The van der Waals surface area contributed by atoms with Crippen LogP contribution in [0.2, 0.25) is 0 Å². The van der Waals surface area contributed by atoms with Crippen molar-refractivity contribution in [3.05, 3.63) is 16.8 Å². The maximum atomic E-state index is 5.90. The average molecular weight is 284 g/mol. The van der Waals surface area contributed by atoms with Crippen LogP contribution in [-0.2, 0) is 0 Å². The quantitative estimate of drug-likeness (QED) is 0.863. The number of nitrogens with one attached hydrogen (secondary N) is 1. The first-order chi connectivity index (χ1) is 8.54. The molecule has 0 aliphatic rings. The number of halogens is 1. The van der Waals surface area contributed by atoms with Crippen LogP contribution in [0.1, 0.15) is 24.3 Å². The SMILES string of the molecule is Cc1sc2ncnc(NC(C)C(C)CCl)c2c1C. The first-order valence-corrected chi connectivity index (χ1v) is 7.43. The Hall–Kier alpha value is -0.870. The zero-order valence-corrected chi connectivity index (χ0v) is 12.7. The molecule has 2 aromatic rings. The van der Waals surface area contributed by atoms with Gasteiger partial charge in [0, 0.05) is 16.8 Å². The fourth-order valence-corrected chi connectivity index (χ4v) is 3.05. The molecule has 0 saturated carbocycles. The molecule has 5 heteroatoms. The third-order valence-electron chi connectivity index (χ3n) is 3.43. The number of anilines is 1. The largest absolute Gasteiger partial charge is 0.367 e. The number of alkyl halides is 1. The number of hydrogen-bond donors (Lipinski definition) is 1. The van der Waals surface area contributed by atoms with Gasteiger partial charge in [0.25, 0.3) is 0 Å². The van der Waals surface area contributed by atoms with Crippen LogP contribution in [0, 0.1) is 19.8 Å². The van der Waals surface area contributed by atoms with Crippen LogP contribution in [0.25, 0.3) is 10.2 Å². The number of thiophene rings is 1. The minimum Gasteiger partial charge on any atom is -0.367 e. The lowest BCUT2D eigenvalue weighted by Crippen LogP contribution is -2.25. The van der Waals surface area contributed by atoms with E-state index in [1.807, 2.05) is 0 Å². The molecule has 0 saturated heterocycles. The summed E-state index contributed by atoms with van der Waals surface area (Å²) in [6, 6.07) is 0.292. The molecule has 98 valence electrons. The van der Waals surface area contributed by atoms with Gasteiger partial charge in [0.15, 0.2) is 0 Å². The molecular weight excluding hydrogens is 266 g/mol. The number of aryl methyl sites for hydroxylation is 2. The van der Waals surface area contributed by atoms with E-state index in [1.165, 1.54) is 10.4 Å². The first-order valence-electron chi connectivity index (χ1n) is 6.07. The lowest BCUT2D eigenvalue weighted by atomic mass is 10.1. The van der Waals surface area contributed by atoms with Crippen molar-refractivity contribution in [2.45, 2.75) is 33.7 Å². The van der Waals surface area contributed by atoms with Crippen molar-refractivity contribution in [3.63, 3.8) is 0 Å². The highest BCUT2D eigenvalue weighted by Crippen LogP contribution is 2.32. The van der Waals surface area contributed by atoms with Crippen molar-refractivity contribution >= 4 is 39.0 Å². The van der Waals surface area contributed by atoms with Gasteiger partial charge in [0.05, 0.1) is 5.39 Å². The molecule has 2 atom stereocenters. The van der Waals surface area contributed by atoms with Crippen molar-refractivity contribution in [2.24, 2.45) is 5.92 Å². The molecule has 0 amide bonds. The van der Waals surface area contributed by atoms with Gasteiger partial charge >= 0.3 is 0 Å². The summed E-state index contributed by atoms with van der Waals surface area (Å²) >= 11 is 7.61. The molecule has 2 heterocycles. The molecule has 3 nitrogen and oxygen atoms in total. The van der Waals surface area contributed by atoms with Crippen LogP contribution in [-0.4, -0.2) is 21.9 Å². The van der Waals surface area contributed by atoms with E-state index in [-0.39, 0.29) is 0 Å². The van der Waals surface area contributed by atoms with Crippen LogP contribution in [0.5, 0.6) is 0 Å². The molecule has 2 aromatic heterocycles. The van der Waals surface area contributed by atoms with Gasteiger partial charge in [-0.25, -0.2) is 9.97 Å². The number of nitrogens with zero attached hydrogens (tertiary/aromatic N) is 2. The maximum Gasteiger partial charge on any atom is 0.138 e. The lowest BCUT2D eigenvalue weighted by Gasteiger charge is -2.20. The van der Waals surface area contributed by atoms with Crippen molar-refractivity contribution in [2.75, 3.05) is 11.2 Å². The Morgan fingerprint density at radius 2 is 2.06 bits per heavy atom. The minimum absolute atomic E-state index is 0.292. The topological polar surface area (TPSA) is 37.8 Å². The van der Waals surface area contributed by atoms with E-state index in [2.05, 4.69) is 43.0 Å². The Morgan fingerprint density at radius 3 is 2.72 bits per heavy atom. The Morgan fingerprint density at radius 1 is 1.33 bits per heavy atom. The second-order valence-electron chi connectivity index (χ2n) is 4.75. The van der Waals surface area contributed by atoms with E-state index in [4.69, 9.17) is 11.6 Å². The van der Waals surface area contributed by atoms with Crippen molar-refractivity contribution in [1.82, 2.24) is 9.97 Å². The Balaban J connectivity index is 2.39. The standard InChI is InChI=1S/C13H18ClN3S/c1-7(5-14)9(3)17-12-11-8(2)10(4)18-13(11)16-6-15-12/h6-7,9H,5H2,1-4H3,(H,15,16,17). The highest BCUT2D eigenvalue weighted by Gasteiger charge is 2.16. The highest BCUT2D eigenvalue weighted by atomic mass is 35.5. The second kappa shape index (κ2) is 5.41. The Kier molecular flexibility index (Phi) is 4.07. The highest BCUT2D eigenvalue weighted by molar-refractivity contribution is 7.18. The first kappa shape index (κ1) is 13.6. The summed E-state index contributed by atoms with van der Waals surface area (Å²) in [5, 5.41) is 4.61. The molecule has 0 fully saturated rings. The molecule has 0 radical (unpaired) electrons. The number of fused-ring (bicyclic) bond motifs is 1. The fraction of sp³-hybridized carbons (Fsp3) is 0.538.